The van der Waals surface area contributed by atoms with E-state index in [9.17, 15) is 4.79 Å². The minimum atomic E-state index is -0.114. The molecule has 0 amide bonds. The predicted molar refractivity (Wildman–Crippen MR) is 110 cm³/mol. The van der Waals surface area contributed by atoms with Crippen molar-refractivity contribution >= 4 is 17.9 Å². The molecule has 1 heterocycles. The molecule has 1 fully saturated rings. The van der Waals surface area contributed by atoms with E-state index in [4.69, 9.17) is 17.3 Å². The summed E-state index contributed by atoms with van der Waals surface area (Å²) in [6, 6.07) is 16.9. The monoisotopic (exact) mass is 382 g/mol. The van der Waals surface area contributed by atoms with Crippen molar-refractivity contribution in [1.29, 1.82) is 0 Å². The molecule has 0 bridgehead atoms. The number of halogens is 1. The van der Waals surface area contributed by atoms with E-state index in [1.165, 1.54) is 16.7 Å². The lowest BCUT2D eigenvalue weighted by Gasteiger charge is -2.46. The van der Waals surface area contributed by atoms with E-state index in [0.717, 1.165) is 50.0 Å². The highest BCUT2D eigenvalue weighted by molar-refractivity contribution is 6.30. The van der Waals surface area contributed by atoms with Gasteiger partial charge in [-0.15, -0.1) is 0 Å². The maximum Gasteiger partial charge on any atom is 0.141 e. The first-order valence-corrected chi connectivity index (χ1v) is 10.3. The van der Waals surface area contributed by atoms with Crippen LogP contribution >= 0.6 is 11.6 Å². The van der Waals surface area contributed by atoms with Gasteiger partial charge in [-0.1, -0.05) is 48.0 Å². The summed E-state index contributed by atoms with van der Waals surface area (Å²) in [5, 5.41) is 0.774. The summed E-state index contributed by atoms with van der Waals surface area (Å²) in [7, 11) is 0. The van der Waals surface area contributed by atoms with Gasteiger partial charge in [0.25, 0.3) is 0 Å². The van der Waals surface area contributed by atoms with E-state index < -0.39 is 0 Å². The summed E-state index contributed by atoms with van der Waals surface area (Å²) >= 11 is 6.23. The molecule has 4 heteroatoms. The van der Waals surface area contributed by atoms with Gasteiger partial charge in [-0.25, -0.2) is 0 Å². The van der Waals surface area contributed by atoms with Crippen molar-refractivity contribution in [2.75, 3.05) is 13.1 Å². The molecule has 2 aromatic carbocycles. The maximum atomic E-state index is 11.9. The number of carbonyl (C=O) groups is 1. The average molecular weight is 383 g/mol. The normalized spacial score (nSPS) is 28.5. The number of nitrogens with zero attached hydrogens (tertiary/aromatic N) is 1. The molecule has 4 rings (SSSR count). The molecule has 27 heavy (non-hydrogen) atoms. The SMILES string of the molecule is NCC1(c2cccc(Cl)c2)CCC(N2CCc3ccccc3C2C=O)CC1. The van der Waals surface area contributed by atoms with Gasteiger partial charge in [0.1, 0.15) is 6.29 Å². The van der Waals surface area contributed by atoms with Crippen LogP contribution in [0.5, 0.6) is 0 Å². The molecular formula is C23H27ClN2O. The Balaban J connectivity index is 1.53. The fraction of sp³-hybridized carbons (Fsp3) is 0.435. The Morgan fingerprint density at radius 1 is 1.15 bits per heavy atom. The summed E-state index contributed by atoms with van der Waals surface area (Å²) in [4.78, 5) is 14.4. The standard InChI is InChI=1S/C23H27ClN2O/c24-19-6-3-5-18(14-19)23(16-25)11-8-20(9-12-23)26-13-10-17-4-1-2-7-21(17)22(26)15-27/h1-7,14-15,20,22H,8-13,16,25H2. The molecule has 1 saturated carbocycles. The first-order valence-electron chi connectivity index (χ1n) is 9.92. The van der Waals surface area contributed by atoms with Crippen molar-refractivity contribution in [3.05, 3.63) is 70.2 Å². The van der Waals surface area contributed by atoms with E-state index in [0.29, 0.717) is 12.6 Å². The third-order valence-electron chi connectivity index (χ3n) is 6.71. The van der Waals surface area contributed by atoms with E-state index in [-0.39, 0.29) is 11.5 Å². The Labute approximate surface area is 166 Å². The summed E-state index contributed by atoms with van der Waals surface area (Å²) in [5.74, 6) is 0. The molecule has 1 aliphatic carbocycles. The van der Waals surface area contributed by atoms with Gasteiger partial charge in [0.2, 0.25) is 0 Å². The van der Waals surface area contributed by atoms with Crippen LogP contribution in [0.2, 0.25) is 5.02 Å². The van der Waals surface area contributed by atoms with Gasteiger partial charge < -0.3 is 10.5 Å². The Morgan fingerprint density at radius 2 is 1.93 bits per heavy atom. The zero-order chi connectivity index (χ0) is 18.9. The number of carbonyl (C=O) groups excluding carboxylic acids is 1. The number of rotatable bonds is 4. The largest absolute Gasteiger partial charge is 0.330 e. The smallest absolute Gasteiger partial charge is 0.141 e. The molecule has 142 valence electrons. The quantitative estimate of drug-likeness (QED) is 0.803. The Hall–Kier alpha value is -1.68. The van der Waals surface area contributed by atoms with Crippen molar-refractivity contribution < 1.29 is 4.79 Å². The predicted octanol–water partition coefficient (Wildman–Crippen LogP) is 4.28. The third-order valence-corrected chi connectivity index (χ3v) is 6.94. The molecule has 2 aromatic rings. The van der Waals surface area contributed by atoms with Crippen LogP contribution in [0.25, 0.3) is 0 Å². The third kappa shape index (κ3) is 3.44. The number of fused-ring (bicyclic) bond motifs is 1. The molecule has 0 spiro atoms. The van der Waals surface area contributed by atoms with Crippen molar-refractivity contribution in [2.24, 2.45) is 5.73 Å². The van der Waals surface area contributed by atoms with Crippen LogP contribution in [-0.2, 0) is 16.6 Å². The van der Waals surface area contributed by atoms with Crippen LogP contribution in [0.15, 0.2) is 48.5 Å². The second-order valence-electron chi connectivity index (χ2n) is 7.99. The van der Waals surface area contributed by atoms with Gasteiger partial charge >= 0.3 is 0 Å². The number of nitrogens with two attached hydrogens (primary N) is 1. The van der Waals surface area contributed by atoms with Gasteiger partial charge in [0.15, 0.2) is 0 Å². The fourth-order valence-electron chi connectivity index (χ4n) is 5.09. The fourth-order valence-corrected chi connectivity index (χ4v) is 5.28. The first kappa shape index (κ1) is 18.7. The molecular weight excluding hydrogens is 356 g/mol. The van der Waals surface area contributed by atoms with E-state index in [1.807, 2.05) is 18.2 Å². The molecule has 2 aliphatic rings. The van der Waals surface area contributed by atoms with Crippen LogP contribution in [0.1, 0.15) is 48.4 Å². The highest BCUT2D eigenvalue weighted by Crippen LogP contribution is 2.43. The topological polar surface area (TPSA) is 46.3 Å². The minimum absolute atomic E-state index is 0.00572. The van der Waals surface area contributed by atoms with E-state index >= 15 is 0 Å². The van der Waals surface area contributed by atoms with Crippen molar-refractivity contribution in [3.8, 4) is 0 Å². The van der Waals surface area contributed by atoms with Gasteiger partial charge in [0, 0.05) is 29.6 Å². The molecule has 0 aromatic heterocycles. The summed E-state index contributed by atoms with van der Waals surface area (Å²) in [5.41, 5.74) is 10.0. The van der Waals surface area contributed by atoms with Crippen molar-refractivity contribution in [1.82, 2.24) is 4.90 Å². The van der Waals surface area contributed by atoms with Crippen LogP contribution in [-0.4, -0.2) is 30.3 Å². The molecule has 1 aliphatic heterocycles. The molecule has 3 nitrogen and oxygen atoms in total. The van der Waals surface area contributed by atoms with Crippen LogP contribution in [0.3, 0.4) is 0 Å². The molecule has 2 N–H and O–H groups in total. The Bertz CT molecular complexity index is 814. The van der Waals surface area contributed by atoms with E-state index in [1.54, 1.807) is 0 Å². The highest BCUT2D eigenvalue weighted by Gasteiger charge is 2.40. The summed E-state index contributed by atoms with van der Waals surface area (Å²) in [6.45, 7) is 1.60. The molecule has 0 radical (unpaired) electrons. The average Bonchev–Trinajstić information content (AvgIpc) is 2.73. The Kier molecular flexibility index (Phi) is 5.36. The van der Waals surface area contributed by atoms with Gasteiger partial charge in [-0.05, 0) is 60.9 Å². The minimum Gasteiger partial charge on any atom is -0.330 e. The van der Waals surface area contributed by atoms with Crippen molar-refractivity contribution in [3.63, 3.8) is 0 Å². The maximum absolute atomic E-state index is 11.9. The van der Waals surface area contributed by atoms with Gasteiger partial charge in [0.05, 0.1) is 6.04 Å². The number of aldehydes is 1. The zero-order valence-electron chi connectivity index (χ0n) is 15.6. The molecule has 1 unspecified atom stereocenters. The molecule has 0 saturated heterocycles. The zero-order valence-corrected chi connectivity index (χ0v) is 16.4. The summed E-state index contributed by atoms with van der Waals surface area (Å²) < 4.78 is 0. The number of hydrogen-bond acceptors (Lipinski definition) is 3. The Morgan fingerprint density at radius 3 is 2.63 bits per heavy atom. The molecule has 1 atom stereocenters. The lowest BCUT2D eigenvalue weighted by Crippen LogP contribution is -2.48. The van der Waals surface area contributed by atoms with Gasteiger partial charge in [-0.3, -0.25) is 4.90 Å². The number of benzene rings is 2. The second kappa shape index (κ2) is 7.75. The lowest BCUT2D eigenvalue weighted by molar-refractivity contribution is -0.114. The van der Waals surface area contributed by atoms with Gasteiger partial charge in [-0.2, -0.15) is 0 Å². The first-order chi connectivity index (χ1) is 13.2. The second-order valence-corrected chi connectivity index (χ2v) is 8.43. The number of hydrogen-bond donors (Lipinski definition) is 1. The van der Waals surface area contributed by atoms with Crippen LogP contribution in [0, 0.1) is 0 Å². The summed E-state index contributed by atoms with van der Waals surface area (Å²) in [6.07, 6.45) is 6.36. The van der Waals surface area contributed by atoms with E-state index in [2.05, 4.69) is 35.2 Å². The van der Waals surface area contributed by atoms with Crippen molar-refractivity contribution in [2.45, 2.75) is 49.6 Å². The lowest BCUT2D eigenvalue weighted by atomic mass is 9.67. The van der Waals surface area contributed by atoms with Crippen LogP contribution < -0.4 is 5.73 Å². The highest BCUT2D eigenvalue weighted by atomic mass is 35.5. The van der Waals surface area contributed by atoms with Crippen LogP contribution in [0.4, 0.5) is 0 Å².